The van der Waals surface area contributed by atoms with Crippen molar-refractivity contribution in [3.8, 4) is 44.5 Å². The van der Waals surface area contributed by atoms with E-state index in [4.69, 9.17) is 4.42 Å². The molecular weight excluding hydrogens is 867 g/mol. The van der Waals surface area contributed by atoms with Crippen molar-refractivity contribution in [2.24, 2.45) is 0 Å². The van der Waals surface area contributed by atoms with Crippen molar-refractivity contribution >= 4 is 70.5 Å². The second-order valence-corrected chi connectivity index (χ2v) is 19.5. The fourth-order valence-corrected chi connectivity index (χ4v) is 12.4. The Bertz CT molecular complexity index is 4050. The Balaban J connectivity index is 0.867. The molecule has 3 heteroatoms. The van der Waals surface area contributed by atoms with Gasteiger partial charge in [-0.25, -0.2) is 0 Å². The van der Waals surface area contributed by atoms with Crippen molar-refractivity contribution in [3.63, 3.8) is 0 Å². The first-order chi connectivity index (χ1) is 34.7. The molecule has 13 aromatic rings. The number of furan rings is 1. The van der Waals surface area contributed by atoms with E-state index in [2.05, 4.69) is 254 Å². The third-order valence-electron chi connectivity index (χ3n) is 14.6. The van der Waals surface area contributed by atoms with Crippen LogP contribution < -0.4 is 4.90 Å². The molecule has 2 heterocycles. The van der Waals surface area contributed by atoms with E-state index in [1.165, 1.54) is 81.4 Å². The van der Waals surface area contributed by atoms with Gasteiger partial charge in [0.1, 0.15) is 11.2 Å². The first kappa shape index (κ1) is 40.3. The zero-order valence-corrected chi connectivity index (χ0v) is 38.9. The molecule has 11 aromatic carbocycles. The molecule has 0 spiro atoms. The standard InChI is InChI=1S/C67H43NOS/c1-3-13-50(14-4-1)67(51-15-5-2-6-16-51)61-20-10-7-17-55(61)58-43-54(37-38-62(58)67)68(53-35-29-47(30-36-53)49-32-40-66-60(42-49)57-19-9-12-22-65(57)70-66)52-33-27-45(28-34-52)44-23-25-46(26-24-44)48-31-39-64-59(41-48)56-18-8-11-21-63(56)69-64/h1-43H. The summed E-state index contributed by atoms with van der Waals surface area (Å²) in [6, 6.07) is 95.6. The number of thiophene rings is 1. The number of fused-ring (bicyclic) bond motifs is 9. The van der Waals surface area contributed by atoms with Gasteiger partial charge >= 0.3 is 0 Å². The molecule has 0 bridgehead atoms. The normalized spacial score (nSPS) is 12.7. The second kappa shape index (κ2) is 16.2. The Morgan fingerprint density at radius 2 is 0.771 bits per heavy atom. The molecule has 2 aromatic heterocycles. The van der Waals surface area contributed by atoms with Gasteiger partial charge < -0.3 is 9.32 Å². The lowest BCUT2D eigenvalue weighted by molar-refractivity contribution is 0.669. The highest BCUT2D eigenvalue weighted by atomic mass is 32.1. The van der Waals surface area contributed by atoms with Gasteiger partial charge in [-0.15, -0.1) is 11.3 Å². The van der Waals surface area contributed by atoms with Crippen LogP contribution in [0.5, 0.6) is 0 Å². The average Bonchev–Trinajstić information content (AvgIpc) is 4.10. The van der Waals surface area contributed by atoms with E-state index in [0.29, 0.717) is 0 Å². The molecule has 0 N–H and O–H groups in total. The van der Waals surface area contributed by atoms with Crippen LogP contribution in [0.3, 0.4) is 0 Å². The zero-order chi connectivity index (χ0) is 46.2. The second-order valence-electron chi connectivity index (χ2n) is 18.4. The van der Waals surface area contributed by atoms with Crippen LogP contribution in [0, 0.1) is 0 Å². The van der Waals surface area contributed by atoms with Crippen LogP contribution in [0.4, 0.5) is 17.1 Å². The first-order valence-corrected chi connectivity index (χ1v) is 24.8. The van der Waals surface area contributed by atoms with Crippen LogP contribution in [0.1, 0.15) is 22.3 Å². The van der Waals surface area contributed by atoms with Crippen LogP contribution in [-0.4, -0.2) is 0 Å². The monoisotopic (exact) mass is 909 g/mol. The van der Waals surface area contributed by atoms with Gasteiger partial charge in [-0.3, -0.25) is 0 Å². The van der Waals surface area contributed by atoms with Crippen molar-refractivity contribution in [3.05, 3.63) is 283 Å². The van der Waals surface area contributed by atoms with E-state index in [-0.39, 0.29) is 0 Å². The van der Waals surface area contributed by atoms with Crippen LogP contribution in [0.2, 0.25) is 0 Å². The minimum absolute atomic E-state index is 0.466. The number of nitrogens with zero attached hydrogens (tertiary/aromatic N) is 1. The molecule has 0 aliphatic heterocycles. The summed E-state index contributed by atoms with van der Waals surface area (Å²) in [6.45, 7) is 0. The number of rotatable bonds is 8. The summed E-state index contributed by atoms with van der Waals surface area (Å²) in [5.41, 5.74) is 19.3. The maximum Gasteiger partial charge on any atom is 0.135 e. The van der Waals surface area contributed by atoms with Gasteiger partial charge in [0, 0.05) is 48.0 Å². The Morgan fingerprint density at radius 3 is 1.46 bits per heavy atom. The lowest BCUT2D eigenvalue weighted by atomic mass is 9.68. The third-order valence-corrected chi connectivity index (χ3v) is 15.7. The Kier molecular flexibility index (Phi) is 9.33. The molecular formula is C67H43NOS. The van der Waals surface area contributed by atoms with E-state index in [1.54, 1.807) is 0 Å². The summed E-state index contributed by atoms with van der Waals surface area (Å²) in [5.74, 6) is 0. The van der Waals surface area contributed by atoms with Gasteiger partial charge in [0.25, 0.3) is 0 Å². The largest absolute Gasteiger partial charge is 0.456 e. The molecule has 14 rings (SSSR count). The van der Waals surface area contributed by atoms with E-state index < -0.39 is 5.41 Å². The maximum absolute atomic E-state index is 6.12. The molecule has 2 nitrogen and oxygen atoms in total. The van der Waals surface area contributed by atoms with E-state index >= 15 is 0 Å². The number of hydrogen-bond acceptors (Lipinski definition) is 3. The van der Waals surface area contributed by atoms with E-state index in [0.717, 1.165) is 44.6 Å². The van der Waals surface area contributed by atoms with Crippen molar-refractivity contribution < 1.29 is 4.42 Å². The molecule has 1 aliphatic carbocycles. The van der Waals surface area contributed by atoms with E-state index in [9.17, 15) is 0 Å². The van der Waals surface area contributed by atoms with Crippen molar-refractivity contribution in [1.29, 1.82) is 0 Å². The summed E-state index contributed by atoms with van der Waals surface area (Å²) in [4.78, 5) is 2.41. The van der Waals surface area contributed by atoms with Crippen LogP contribution >= 0.6 is 11.3 Å². The maximum atomic E-state index is 6.12. The number of para-hydroxylation sites is 1. The van der Waals surface area contributed by atoms with Gasteiger partial charge in [-0.1, -0.05) is 188 Å². The predicted octanol–water partition coefficient (Wildman–Crippen LogP) is 18.8. The van der Waals surface area contributed by atoms with Crippen LogP contribution in [0.25, 0.3) is 86.6 Å². The fourth-order valence-electron chi connectivity index (χ4n) is 11.3. The van der Waals surface area contributed by atoms with Crippen molar-refractivity contribution in [2.45, 2.75) is 5.41 Å². The Morgan fingerprint density at radius 1 is 0.300 bits per heavy atom. The molecule has 0 amide bonds. The van der Waals surface area contributed by atoms with E-state index in [1.807, 2.05) is 23.5 Å². The first-order valence-electron chi connectivity index (χ1n) is 24.0. The molecule has 0 unspecified atom stereocenters. The highest BCUT2D eigenvalue weighted by Crippen LogP contribution is 2.57. The number of benzene rings is 11. The molecule has 0 atom stereocenters. The van der Waals surface area contributed by atoms with Gasteiger partial charge in [-0.2, -0.15) is 0 Å². The lowest BCUT2D eigenvalue weighted by Gasteiger charge is -2.34. The smallest absolute Gasteiger partial charge is 0.135 e. The van der Waals surface area contributed by atoms with Gasteiger partial charge in [-0.05, 0) is 140 Å². The van der Waals surface area contributed by atoms with Crippen LogP contribution in [-0.2, 0) is 5.41 Å². The van der Waals surface area contributed by atoms with Crippen molar-refractivity contribution in [2.75, 3.05) is 4.90 Å². The SMILES string of the molecule is c1ccc(C2(c3ccccc3)c3ccccc3-c3cc(N(c4ccc(-c5ccc(-c6ccc7oc8ccccc8c7c6)cc5)cc4)c4ccc(-c5ccc6sc7ccccc7c6c5)cc4)ccc32)cc1. The minimum atomic E-state index is -0.466. The van der Waals surface area contributed by atoms with Crippen molar-refractivity contribution in [1.82, 2.24) is 0 Å². The summed E-state index contributed by atoms with van der Waals surface area (Å²) in [5, 5.41) is 4.90. The average molecular weight is 910 g/mol. The predicted molar refractivity (Wildman–Crippen MR) is 295 cm³/mol. The summed E-state index contributed by atoms with van der Waals surface area (Å²) in [6.07, 6.45) is 0. The minimum Gasteiger partial charge on any atom is -0.456 e. The molecule has 0 fully saturated rings. The molecule has 328 valence electrons. The van der Waals surface area contributed by atoms with Gasteiger partial charge in [0.2, 0.25) is 0 Å². The third kappa shape index (κ3) is 6.40. The van der Waals surface area contributed by atoms with Crippen LogP contribution in [0.15, 0.2) is 265 Å². The number of hydrogen-bond donors (Lipinski definition) is 0. The molecule has 0 saturated carbocycles. The zero-order valence-electron chi connectivity index (χ0n) is 38.1. The highest BCUT2D eigenvalue weighted by molar-refractivity contribution is 7.25. The topological polar surface area (TPSA) is 16.4 Å². The quantitative estimate of drug-likeness (QED) is 0.151. The molecule has 1 aliphatic rings. The summed E-state index contributed by atoms with van der Waals surface area (Å²) >= 11 is 1.86. The number of anilines is 3. The van der Waals surface area contributed by atoms with Gasteiger partial charge in [0.15, 0.2) is 0 Å². The van der Waals surface area contributed by atoms with Gasteiger partial charge in [0.05, 0.1) is 5.41 Å². The molecule has 0 saturated heterocycles. The Hall–Kier alpha value is -8.76. The summed E-state index contributed by atoms with van der Waals surface area (Å²) < 4.78 is 8.76. The lowest BCUT2D eigenvalue weighted by Crippen LogP contribution is -2.28. The molecule has 0 radical (unpaired) electrons. The fraction of sp³-hybridized carbons (Fsp3) is 0.0149. The Labute approximate surface area is 410 Å². The highest BCUT2D eigenvalue weighted by Gasteiger charge is 2.46. The molecule has 70 heavy (non-hydrogen) atoms. The summed E-state index contributed by atoms with van der Waals surface area (Å²) in [7, 11) is 0.